The van der Waals surface area contributed by atoms with Crippen molar-refractivity contribution >= 4 is 0 Å². The Labute approximate surface area is 79.0 Å². The molecule has 1 spiro atoms. The highest BCUT2D eigenvalue weighted by atomic mass is 16.5. The van der Waals surface area contributed by atoms with Crippen LogP contribution in [-0.4, -0.2) is 37.6 Å². The summed E-state index contributed by atoms with van der Waals surface area (Å²) >= 11 is 0. The van der Waals surface area contributed by atoms with Crippen LogP contribution < -0.4 is 0 Å². The van der Waals surface area contributed by atoms with Gasteiger partial charge in [0.25, 0.3) is 0 Å². The molecule has 2 aliphatic rings. The molecule has 0 amide bonds. The molecule has 1 heterocycles. The fourth-order valence-electron chi connectivity index (χ4n) is 2.27. The van der Waals surface area contributed by atoms with Gasteiger partial charge in [0.1, 0.15) is 0 Å². The molecule has 1 aliphatic heterocycles. The van der Waals surface area contributed by atoms with Gasteiger partial charge in [-0.15, -0.1) is 0 Å². The molecule has 0 aromatic rings. The highest BCUT2D eigenvalue weighted by Gasteiger charge is 2.41. The number of aliphatic hydroxyl groups is 1. The van der Waals surface area contributed by atoms with Gasteiger partial charge in [-0.05, 0) is 25.7 Å². The summed E-state index contributed by atoms with van der Waals surface area (Å²) in [6.07, 6.45) is 5.15. The minimum atomic E-state index is 0.144. The van der Waals surface area contributed by atoms with E-state index in [0.717, 1.165) is 26.1 Å². The average molecular weight is 186 g/mol. The molecule has 1 saturated heterocycles. The number of aliphatic hydroxyl groups excluding tert-OH is 1. The van der Waals surface area contributed by atoms with Gasteiger partial charge in [-0.2, -0.15) is 0 Å². The van der Waals surface area contributed by atoms with Crippen LogP contribution in [0.4, 0.5) is 0 Å². The van der Waals surface area contributed by atoms with Crippen molar-refractivity contribution in [3.8, 4) is 0 Å². The van der Waals surface area contributed by atoms with Crippen LogP contribution in [0.3, 0.4) is 0 Å². The number of hydrogen-bond donors (Lipinski definition) is 1. The van der Waals surface area contributed by atoms with Gasteiger partial charge in [-0.1, -0.05) is 0 Å². The first-order chi connectivity index (χ1) is 6.35. The van der Waals surface area contributed by atoms with Crippen LogP contribution in [0.2, 0.25) is 0 Å². The van der Waals surface area contributed by atoms with Gasteiger partial charge in [0.05, 0.1) is 32.5 Å². The molecule has 0 aromatic carbocycles. The monoisotopic (exact) mass is 186 g/mol. The normalized spacial score (nSPS) is 27.5. The first kappa shape index (κ1) is 9.44. The van der Waals surface area contributed by atoms with Crippen LogP contribution in [0.15, 0.2) is 0 Å². The van der Waals surface area contributed by atoms with Crippen LogP contribution in [0.5, 0.6) is 0 Å². The summed E-state index contributed by atoms with van der Waals surface area (Å²) < 4.78 is 10.8. The van der Waals surface area contributed by atoms with Crippen molar-refractivity contribution in [2.75, 3.05) is 26.4 Å². The molecule has 1 aliphatic carbocycles. The van der Waals surface area contributed by atoms with E-state index >= 15 is 0 Å². The molecule has 2 fully saturated rings. The van der Waals surface area contributed by atoms with E-state index in [4.69, 9.17) is 14.6 Å². The molecule has 76 valence electrons. The second-order valence-corrected chi connectivity index (χ2v) is 4.29. The summed E-state index contributed by atoms with van der Waals surface area (Å²) in [6.45, 7) is 2.55. The lowest BCUT2D eigenvalue weighted by Gasteiger charge is -2.46. The van der Waals surface area contributed by atoms with Crippen LogP contribution >= 0.6 is 0 Å². The molecular weight excluding hydrogens is 168 g/mol. The third-order valence-corrected chi connectivity index (χ3v) is 3.25. The molecule has 1 saturated carbocycles. The molecule has 0 atom stereocenters. The van der Waals surface area contributed by atoms with Crippen molar-refractivity contribution in [2.45, 2.75) is 31.8 Å². The second-order valence-electron chi connectivity index (χ2n) is 4.29. The summed E-state index contributed by atoms with van der Waals surface area (Å²) in [5.41, 5.74) is 0.513. The van der Waals surface area contributed by atoms with Gasteiger partial charge in [0, 0.05) is 5.41 Å². The van der Waals surface area contributed by atoms with Gasteiger partial charge in [-0.25, -0.2) is 0 Å². The van der Waals surface area contributed by atoms with E-state index < -0.39 is 0 Å². The SMILES string of the molecule is OCCOC1CCC2(CC1)COC2. The maximum Gasteiger partial charge on any atom is 0.0701 e. The van der Waals surface area contributed by atoms with Crippen molar-refractivity contribution in [2.24, 2.45) is 5.41 Å². The predicted molar refractivity (Wildman–Crippen MR) is 48.5 cm³/mol. The smallest absolute Gasteiger partial charge is 0.0701 e. The van der Waals surface area contributed by atoms with Crippen LogP contribution in [0.1, 0.15) is 25.7 Å². The van der Waals surface area contributed by atoms with Crippen LogP contribution in [-0.2, 0) is 9.47 Å². The van der Waals surface area contributed by atoms with Crippen molar-refractivity contribution in [3.05, 3.63) is 0 Å². The largest absolute Gasteiger partial charge is 0.394 e. The Hall–Kier alpha value is -0.120. The van der Waals surface area contributed by atoms with E-state index in [-0.39, 0.29) is 6.61 Å². The lowest BCUT2D eigenvalue weighted by molar-refractivity contribution is -0.148. The summed E-state index contributed by atoms with van der Waals surface area (Å²) in [5.74, 6) is 0. The van der Waals surface area contributed by atoms with Crippen molar-refractivity contribution in [3.63, 3.8) is 0 Å². The van der Waals surface area contributed by atoms with E-state index in [2.05, 4.69) is 0 Å². The lowest BCUT2D eigenvalue weighted by Crippen LogP contribution is -2.46. The Kier molecular flexibility index (Phi) is 2.86. The standard InChI is InChI=1S/C10H18O3/c11-5-6-13-9-1-3-10(4-2-9)7-12-8-10/h9,11H,1-8H2. The molecule has 13 heavy (non-hydrogen) atoms. The summed E-state index contributed by atoms with van der Waals surface area (Å²) in [6, 6.07) is 0. The fourth-order valence-corrected chi connectivity index (χ4v) is 2.27. The van der Waals surface area contributed by atoms with E-state index in [0.29, 0.717) is 18.1 Å². The van der Waals surface area contributed by atoms with Gasteiger partial charge >= 0.3 is 0 Å². The average Bonchev–Trinajstić information content (AvgIpc) is 2.13. The summed E-state index contributed by atoms with van der Waals surface area (Å²) in [7, 11) is 0. The van der Waals surface area contributed by atoms with Crippen LogP contribution in [0.25, 0.3) is 0 Å². The lowest BCUT2D eigenvalue weighted by atomic mass is 9.72. The zero-order chi connectivity index (χ0) is 9.15. The Morgan fingerprint density at radius 1 is 1.31 bits per heavy atom. The molecule has 0 radical (unpaired) electrons. The summed E-state index contributed by atoms with van der Waals surface area (Å²) in [4.78, 5) is 0. The second kappa shape index (κ2) is 3.95. The molecule has 3 nitrogen and oxygen atoms in total. The topological polar surface area (TPSA) is 38.7 Å². The Morgan fingerprint density at radius 2 is 2.00 bits per heavy atom. The van der Waals surface area contributed by atoms with E-state index in [9.17, 15) is 0 Å². The Morgan fingerprint density at radius 3 is 2.46 bits per heavy atom. The van der Waals surface area contributed by atoms with Gasteiger partial charge in [-0.3, -0.25) is 0 Å². The first-order valence-electron chi connectivity index (χ1n) is 5.15. The van der Waals surface area contributed by atoms with Gasteiger partial charge in [0.15, 0.2) is 0 Å². The zero-order valence-electron chi connectivity index (χ0n) is 8.00. The third kappa shape index (κ3) is 2.03. The zero-order valence-corrected chi connectivity index (χ0v) is 8.00. The van der Waals surface area contributed by atoms with E-state index in [1.165, 1.54) is 12.8 Å². The molecule has 0 bridgehead atoms. The maximum atomic E-state index is 8.61. The molecule has 1 N–H and O–H groups in total. The predicted octanol–water partition coefficient (Wildman–Crippen LogP) is 0.954. The highest BCUT2D eigenvalue weighted by molar-refractivity contribution is 4.90. The number of rotatable bonds is 3. The van der Waals surface area contributed by atoms with Crippen molar-refractivity contribution < 1.29 is 14.6 Å². The summed E-state index contributed by atoms with van der Waals surface area (Å²) in [5, 5.41) is 8.61. The van der Waals surface area contributed by atoms with E-state index in [1.807, 2.05) is 0 Å². The highest BCUT2D eigenvalue weighted by Crippen LogP contribution is 2.42. The van der Waals surface area contributed by atoms with Crippen molar-refractivity contribution in [1.82, 2.24) is 0 Å². The first-order valence-corrected chi connectivity index (χ1v) is 5.15. The molecule has 2 rings (SSSR count). The van der Waals surface area contributed by atoms with E-state index in [1.54, 1.807) is 0 Å². The minimum absolute atomic E-state index is 0.144. The molecule has 3 heteroatoms. The number of hydrogen-bond acceptors (Lipinski definition) is 3. The maximum absolute atomic E-state index is 8.61. The minimum Gasteiger partial charge on any atom is -0.394 e. The number of ether oxygens (including phenoxy) is 2. The molecule has 0 aromatic heterocycles. The van der Waals surface area contributed by atoms with Crippen molar-refractivity contribution in [1.29, 1.82) is 0 Å². The third-order valence-electron chi connectivity index (χ3n) is 3.25. The van der Waals surface area contributed by atoms with Gasteiger partial charge in [0.2, 0.25) is 0 Å². The molecular formula is C10H18O3. The van der Waals surface area contributed by atoms with Crippen LogP contribution in [0, 0.1) is 5.41 Å². The Balaban J connectivity index is 1.70. The quantitative estimate of drug-likeness (QED) is 0.713. The Bertz CT molecular complexity index is 156. The van der Waals surface area contributed by atoms with Gasteiger partial charge < -0.3 is 14.6 Å². The molecule has 0 unspecified atom stereocenters. The fraction of sp³-hybridized carbons (Fsp3) is 1.00.